The van der Waals surface area contributed by atoms with Crippen LogP contribution in [0.3, 0.4) is 0 Å². The number of hydrogen-bond acceptors (Lipinski definition) is 7. The highest BCUT2D eigenvalue weighted by molar-refractivity contribution is 5.88. The van der Waals surface area contributed by atoms with E-state index in [0.29, 0.717) is 12.0 Å². The zero-order valence-electron chi connectivity index (χ0n) is 14.5. The van der Waals surface area contributed by atoms with Gasteiger partial charge in [0.2, 0.25) is 0 Å². The number of hydrogen-bond donors (Lipinski definition) is 4. The van der Waals surface area contributed by atoms with Gasteiger partial charge in [-0.25, -0.2) is 9.18 Å². The van der Waals surface area contributed by atoms with Crippen LogP contribution >= 0.6 is 0 Å². The van der Waals surface area contributed by atoms with Crippen molar-refractivity contribution in [1.82, 2.24) is 5.32 Å². The summed E-state index contributed by atoms with van der Waals surface area (Å²) in [5.74, 6) is -5.17. The lowest BCUT2D eigenvalue weighted by molar-refractivity contribution is -0.178. The van der Waals surface area contributed by atoms with E-state index in [1.165, 1.54) is 13.1 Å². The molecule has 0 radical (unpaired) electrons. The maximum absolute atomic E-state index is 14.2. The second-order valence-corrected chi connectivity index (χ2v) is 6.14. The number of benzene rings is 1. The number of carboxylic acid groups (broad SMARTS) is 2. The molecule has 27 heavy (non-hydrogen) atoms. The van der Waals surface area contributed by atoms with Gasteiger partial charge in [0.15, 0.2) is 11.8 Å². The predicted octanol–water partition coefficient (Wildman–Crippen LogP) is 0.209. The lowest BCUT2D eigenvalue weighted by Gasteiger charge is -2.32. The van der Waals surface area contributed by atoms with E-state index < -0.39 is 54.5 Å². The van der Waals surface area contributed by atoms with Crippen LogP contribution in [0.5, 0.6) is 0 Å². The molecule has 0 spiro atoms. The van der Waals surface area contributed by atoms with E-state index in [-0.39, 0.29) is 12.2 Å². The number of aliphatic hydroxyl groups is 1. The Labute approximate surface area is 153 Å². The molecule has 1 aromatic carbocycles. The molecule has 3 atom stereocenters. The van der Waals surface area contributed by atoms with Gasteiger partial charge in [-0.05, 0) is 25.1 Å². The van der Waals surface area contributed by atoms with Gasteiger partial charge in [-0.15, -0.1) is 0 Å². The van der Waals surface area contributed by atoms with Gasteiger partial charge < -0.3 is 24.8 Å². The molecule has 4 N–H and O–H groups in total. The topological polar surface area (TPSA) is 142 Å². The zero-order chi connectivity index (χ0) is 20.2. The Balaban J connectivity index is 2.17. The molecule has 1 aromatic rings. The second kappa shape index (κ2) is 8.42. The summed E-state index contributed by atoms with van der Waals surface area (Å²) in [4.78, 5) is 34.0. The van der Waals surface area contributed by atoms with Gasteiger partial charge in [0.05, 0.1) is 19.4 Å². The molecule has 0 saturated heterocycles. The Morgan fingerprint density at radius 3 is 2.67 bits per heavy atom. The van der Waals surface area contributed by atoms with Gasteiger partial charge in [0.25, 0.3) is 0 Å². The van der Waals surface area contributed by atoms with Crippen LogP contribution in [0, 0.1) is 5.82 Å². The summed E-state index contributed by atoms with van der Waals surface area (Å²) in [7, 11) is 1.43. The number of ether oxygens (including phenoxy) is 2. The minimum Gasteiger partial charge on any atom is -0.481 e. The van der Waals surface area contributed by atoms with E-state index in [1.54, 1.807) is 12.1 Å². The molecule has 1 heterocycles. The third-order valence-electron chi connectivity index (χ3n) is 4.19. The van der Waals surface area contributed by atoms with Crippen LogP contribution in [-0.2, 0) is 30.3 Å². The van der Waals surface area contributed by atoms with Crippen molar-refractivity contribution >= 4 is 17.9 Å². The normalized spacial score (nSPS) is 19.4. The van der Waals surface area contributed by atoms with Crippen molar-refractivity contribution in [2.24, 2.45) is 0 Å². The second-order valence-electron chi connectivity index (χ2n) is 6.14. The number of halogens is 1. The SMILES string of the molecule is CN[C@H](OC(=O)CC(O)(CC(=O)O)C(=O)O)C1OCCc2cccc(F)c21. The first kappa shape index (κ1) is 20.7. The highest BCUT2D eigenvalue weighted by Gasteiger charge is 2.42. The molecule has 148 valence electrons. The molecule has 0 bridgehead atoms. The molecule has 0 aliphatic carbocycles. The number of carbonyl (C=O) groups is 3. The van der Waals surface area contributed by atoms with Crippen molar-refractivity contribution in [3.63, 3.8) is 0 Å². The average Bonchev–Trinajstić information content (AvgIpc) is 2.58. The van der Waals surface area contributed by atoms with Crippen LogP contribution in [0.2, 0.25) is 0 Å². The fraction of sp³-hybridized carbons (Fsp3) is 0.471. The molecule has 0 saturated carbocycles. The maximum Gasteiger partial charge on any atom is 0.336 e. The summed E-state index contributed by atoms with van der Waals surface area (Å²) >= 11 is 0. The van der Waals surface area contributed by atoms with E-state index >= 15 is 0 Å². The molecule has 0 aromatic heterocycles. The van der Waals surface area contributed by atoms with Gasteiger partial charge in [-0.2, -0.15) is 0 Å². The Bertz CT molecular complexity index is 740. The van der Waals surface area contributed by atoms with E-state index in [0.717, 1.165) is 0 Å². The highest BCUT2D eigenvalue weighted by atomic mass is 19.1. The van der Waals surface area contributed by atoms with Gasteiger partial charge >= 0.3 is 17.9 Å². The zero-order valence-corrected chi connectivity index (χ0v) is 14.5. The summed E-state index contributed by atoms with van der Waals surface area (Å²) < 4.78 is 24.9. The quantitative estimate of drug-likeness (QED) is 0.365. The van der Waals surface area contributed by atoms with Crippen LogP contribution in [-0.4, -0.2) is 58.7 Å². The van der Waals surface area contributed by atoms with Crippen molar-refractivity contribution < 1.29 is 43.6 Å². The molecule has 0 fully saturated rings. The van der Waals surface area contributed by atoms with Gasteiger partial charge in [0, 0.05) is 5.56 Å². The standard InChI is InChI=1S/C17H20FNO8/c1-19-15(14-13-9(5-6-26-14)3-2-4-10(13)18)27-12(22)8-17(25,16(23)24)7-11(20)21/h2-4,14-15,19,25H,5-8H2,1H3,(H,20,21)(H,23,24)/t14?,15-,17?/m1/s1. The molecule has 2 unspecified atom stereocenters. The van der Waals surface area contributed by atoms with Crippen LogP contribution in [0.15, 0.2) is 18.2 Å². The largest absolute Gasteiger partial charge is 0.481 e. The Kier molecular flexibility index (Phi) is 6.47. The summed E-state index contributed by atoms with van der Waals surface area (Å²) in [6, 6.07) is 4.51. The average molecular weight is 385 g/mol. The van der Waals surface area contributed by atoms with Crippen molar-refractivity contribution in [3.8, 4) is 0 Å². The fourth-order valence-corrected chi connectivity index (χ4v) is 2.89. The molecule has 10 heteroatoms. The summed E-state index contributed by atoms with van der Waals surface area (Å²) in [6.07, 6.45) is -3.95. The highest BCUT2D eigenvalue weighted by Crippen LogP contribution is 2.32. The van der Waals surface area contributed by atoms with Crippen LogP contribution in [0.25, 0.3) is 0 Å². The molecule has 9 nitrogen and oxygen atoms in total. The summed E-state index contributed by atoms with van der Waals surface area (Å²) in [5, 5.41) is 30.3. The van der Waals surface area contributed by atoms with Crippen LogP contribution < -0.4 is 5.32 Å². The van der Waals surface area contributed by atoms with Gasteiger partial charge in [0.1, 0.15) is 11.9 Å². The molecule has 1 aliphatic rings. The number of rotatable bonds is 8. The number of esters is 1. The molecular weight excluding hydrogens is 365 g/mol. The van der Waals surface area contributed by atoms with E-state index in [2.05, 4.69) is 5.32 Å². The van der Waals surface area contributed by atoms with E-state index in [4.69, 9.17) is 19.7 Å². The lowest BCUT2D eigenvalue weighted by atomic mass is 9.95. The third-order valence-corrected chi connectivity index (χ3v) is 4.19. The van der Waals surface area contributed by atoms with E-state index in [1.807, 2.05) is 0 Å². The summed E-state index contributed by atoms with van der Waals surface area (Å²) in [5.41, 5.74) is -1.91. The monoisotopic (exact) mass is 385 g/mol. The van der Waals surface area contributed by atoms with Gasteiger partial charge in [-0.3, -0.25) is 14.9 Å². The molecule has 1 aliphatic heterocycles. The van der Waals surface area contributed by atoms with Crippen molar-refractivity contribution in [2.75, 3.05) is 13.7 Å². The lowest BCUT2D eigenvalue weighted by Crippen LogP contribution is -2.45. The Hall–Kier alpha value is -2.56. The number of aliphatic carboxylic acids is 2. The Morgan fingerprint density at radius 1 is 1.37 bits per heavy atom. The molecule has 0 amide bonds. The minimum atomic E-state index is -2.82. The third kappa shape index (κ3) is 4.79. The van der Waals surface area contributed by atoms with Crippen LogP contribution in [0.1, 0.15) is 30.1 Å². The smallest absolute Gasteiger partial charge is 0.336 e. The summed E-state index contributed by atoms with van der Waals surface area (Å²) in [6.45, 7) is 0.259. The van der Waals surface area contributed by atoms with Gasteiger partial charge in [-0.1, -0.05) is 12.1 Å². The number of carbonyl (C=O) groups excluding carboxylic acids is 1. The van der Waals surface area contributed by atoms with Crippen molar-refractivity contribution in [2.45, 2.75) is 37.2 Å². The fourth-order valence-electron chi connectivity index (χ4n) is 2.89. The minimum absolute atomic E-state index is 0.218. The first-order valence-corrected chi connectivity index (χ1v) is 8.11. The number of carboxylic acids is 2. The first-order valence-electron chi connectivity index (χ1n) is 8.11. The number of likely N-dealkylation sites (N-methyl/N-ethyl adjacent to an activating group) is 1. The maximum atomic E-state index is 14.2. The van der Waals surface area contributed by atoms with Crippen LogP contribution in [0.4, 0.5) is 4.39 Å². The van der Waals surface area contributed by atoms with Crippen molar-refractivity contribution in [1.29, 1.82) is 0 Å². The molecule has 2 rings (SSSR count). The predicted molar refractivity (Wildman–Crippen MR) is 87.2 cm³/mol. The Morgan fingerprint density at radius 2 is 2.07 bits per heavy atom. The first-order chi connectivity index (χ1) is 12.7. The number of nitrogens with one attached hydrogen (secondary N) is 1. The van der Waals surface area contributed by atoms with Crippen molar-refractivity contribution in [3.05, 3.63) is 35.1 Å². The number of fused-ring (bicyclic) bond motifs is 1. The molecular formula is C17H20FNO8. The van der Waals surface area contributed by atoms with E-state index in [9.17, 15) is 23.9 Å².